The van der Waals surface area contributed by atoms with Crippen LogP contribution in [-0.2, 0) is 4.74 Å². The number of nitrogens with zero attached hydrogens (tertiary/aromatic N) is 1. The molecule has 0 saturated carbocycles. The lowest BCUT2D eigenvalue weighted by Gasteiger charge is -2.25. The fourth-order valence-electron chi connectivity index (χ4n) is 1.86. The molecule has 2 nitrogen and oxygen atoms in total. The number of unbranched alkanes of at least 4 members (excludes halogenated alkanes) is 1. The Bertz CT molecular complexity index is 110. The molecule has 2 heteroatoms. The van der Waals surface area contributed by atoms with Gasteiger partial charge in [0.2, 0.25) is 0 Å². The van der Waals surface area contributed by atoms with Crippen LogP contribution < -0.4 is 0 Å². The van der Waals surface area contributed by atoms with E-state index in [2.05, 4.69) is 11.8 Å². The smallest absolute Gasteiger partial charge is 0.110 e. The highest BCUT2D eigenvalue weighted by Gasteiger charge is 2.20. The van der Waals surface area contributed by atoms with Crippen molar-refractivity contribution < 1.29 is 4.74 Å². The fraction of sp³-hybridized carbons (Fsp3) is 1.00. The molecular weight excluding hydrogens is 150 g/mol. The van der Waals surface area contributed by atoms with Crippen LogP contribution in [0.3, 0.4) is 0 Å². The molecule has 0 amide bonds. The Morgan fingerprint density at radius 2 is 2.00 bits per heavy atom. The van der Waals surface area contributed by atoms with Gasteiger partial charge in [0.15, 0.2) is 0 Å². The maximum Gasteiger partial charge on any atom is 0.110 e. The lowest BCUT2D eigenvalue weighted by molar-refractivity contribution is -0.0259. The molecule has 0 bridgehead atoms. The first-order valence-corrected chi connectivity index (χ1v) is 5.15. The third-order valence-electron chi connectivity index (χ3n) is 2.62. The highest BCUT2D eigenvalue weighted by Crippen LogP contribution is 2.16. The van der Waals surface area contributed by atoms with Crippen LogP contribution in [0.1, 0.15) is 39.0 Å². The first-order chi connectivity index (χ1) is 5.88. The monoisotopic (exact) mass is 171 g/mol. The van der Waals surface area contributed by atoms with Crippen LogP contribution >= 0.6 is 0 Å². The summed E-state index contributed by atoms with van der Waals surface area (Å²) in [7, 11) is 1.83. The zero-order valence-electron chi connectivity index (χ0n) is 8.38. The molecule has 1 aliphatic heterocycles. The van der Waals surface area contributed by atoms with Crippen molar-refractivity contribution >= 4 is 0 Å². The van der Waals surface area contributed by atoms with E-state index in [1.807, 2.05) is 7.11 Å². The Balaban J connectivity index is 2.22. The van der Waals surface area contributed by atoms with Gasteiger partial charge < -0.3 is 4.74 Å². The van der Waals surface area contributed by atoms with Gasteiger partial charge in [0.05, 0.1) is 0 Å². The Kier molecular flexibility index (Phi) is 4.62. The predicted molar refractivity (Wildman–Crippen MR) is 51.1 cm³/mol. The van der Waals surface area contributed by atoms with E-state index in [4.69, 9.17) is 4.74 Å². The number of likely N-dealkylation sites (tertiary alicyclic amines) is 1. The fourth-order valence-corrected chi connectivity index (χ4v) is 1.86. The van der Waals surface area contributed by atoms with Crippen molar-refractivity contribution in [3.05, 3.63) is 0 Å². The summed E-state index contributed by atoms with van der Waals surface area (Å²) in [5, 5.41) is 0. The molecule has 0 N–H and O–H groups in total. The average Bonchev–Trinajstić information content (AvgIpc) is 2.59. The maximum atomic E-state index is 5.46. The molecule has 0 spiro atoms. The van der Waals surface area contributed by atoms with E-state index in [1.165, 1.54) is 45.2 Å². The third-order valence-corrected chi connectivity index (χ3v) is 2.62. The topological polar surface area (TPSA) is 12.5 Å². The van der Waals surface area contributed by atoms with Gasteiger partial charge in [0.25, 0.3) is 0 Å². The summed E-state index contributed by atoms with van der Waals surface area (Å²) >= 11 is 0. The molecule has 1 rings (SSSR count). The van der Waals surface area contributed by atoms with Crippen LogP contribution in [0.2, 0.25) is 0 Å². The van der Waals surface area contributed by atoms with Crippen molar-refractivity contribution in [2.45, 2.75) is 45.3 Å². The van der Waals surface area contributed by atoms with E-state index in [-0.39, 0.29) is 0 Å². The Morgan fingerprint density at radius 1 is 1.33 bits per heavy atom. The van der Waals surface area contributed by atoms with Gasteiger partial charge in [-0.25, -0.2) is 0 Å². The standard InChI is InChI=1S/C10H21NO/c1-3-4-7-10(12-2)11-8-5-6-9-11/h10H,3-9H2,1-2H3. The van der Waals surface area contributed by atoms with E-state index in [0.29, 0.717) is 6.23 Å². The van der Waals surface area contributed by atoms with E-state index >= 15 is 0 Å². The van der Waals surface area contributed by atoms with Crippen LogP contribution in [0.4, 0.5) is 0 Å². The largest absolute Gasteiger partial charge is 0.366 e. The predicted octanol–water partition coefficient (Wildman–Crippen LogP) is 2.24. The van der Waals surface area contributed by atoms with E-state index in [1.54, 1.807) is 0 Å². The zero-order valence-corrected chi connectivity index (χ0v) is 8.38. The second-order valence-electron chi connectivity index (χ2n) is 3.58. The first kappa shape index (κ1) is 10.0. The number of hydrogen-bond donors (Lipinski definition) is 0. The van der Waals surface area contributed by atoms with Crippen molar-refractivity contribution in [3.8, 4) is 0 Å². The van der Waals surface area contributed by atoms with Crippen LogP contribution in [-0.4, -0.2) is 31.3 Å². The first-order valence-electron chi connectivity index (χ1n) is 5.15. The maximum absolute atomic E-state index is 5.46. The van der Waals surface area contributed by atoms with Gasteiger partial charge in [0.1, 0.15) is 6.23 Å². The lowest BCUT2D eigenvalue weighted by atomic mass is 10.2. The molecule has 0 radical (unpaired) electrons. The van der Waals surface area contributed by atoms with E-state index in [9.17, 15) is 0 Å². The molecule has 72 valence electrons. The van der Waals surface area contributed by atoms with Gasteiger partial charge >= 0.3 is 0 Å². The summed E-state index contributed by atoms with van der Waals surface area (Å²) in [6.07, 6.45) is 6.86. The highest BCUT2D eigenvalue weighted by atomic mass is 16.5. The van der Waals surface area contributed by atoms with Gasteiger partial charge in [-0.3, -0.25) is 4.90 Å². The number of hydrogen-bond acceptors (Lipinski definition) is 2. The average molecular weight is 171 g/mol. The van der Waals surface area contributed by atoms with Crippen LogP contribution in [0, 0.1) is 0 Å². The molecule has 0 aliphatic carbocycles. The molecule has 1 saturated heterocycles. The second-order valence-corrected chi connectivity index (χ2v) is 3.58. The molecule has 1 heterocycles. The molecule has 0 aromatic carbocycles. The van der Waals surface area contributed by atoms with Gasteiger partial charge in [-0.1, -0.05) is 13.3 Å². The minimum absolute atomic E-state index is 0.396. The molecule has 12 heavy (non-hydrogen) atoms. The van der Waals surface area contributed by atoms with Crippen molar-refractivity contribution in [2.24, 2.45) is 0 Å². The van der Waals surface area contributed by atoms with E-state index < -0.39 is 0 Å². The Morgan fingerprint density at radius 3 is 2.50 bits per heavy atom. The highest BCUT2D eigenvalue weighted by molar-refractivity contribution is 4.69. The Labute approximate surface area is 75.9 Å². The number of rotatable bonds is 5. The molecule has 1 atom stereocenters. The summed E-state index contributed by atoms with van der Waals surface area (Å²) in [4.78, 5) is 2.47. The molecule has 1 aliphatic rings. The SMILES string of the molecule is CCCCC(OC)N1CCCC1. The Hall–Kier alpha value is -0.0800. The third kappa shape index (κ3) is 2.76. The van der Waals surface area contributed by atoms with Crippen LogP contribution in [0.5, 0.6) is 0 Å². The zero-order chi connectivity index (χ0) is 8.81. The molecule has 1 fully saturated rings. The minimum atomic E-state index is 0.396. The van der Waals surface area contributed by atoms with Gasteiger partial charge in [-0.2, -0.15) is 0 Å². The molecule has 0 aromatic heterocycles. The number of ether oxygens (including phenoxy) is 1. The van der Waals surface area contributed by atoms with Crippen LogP contribution in [0.25, 0.3) is 0 Å². The number of methoxy groups -OCH3 is 1. The molecule has 0 aromatic rings. The van der Waals surface area contributed by atoms with Crippen molar-refractivity contribution in [1.82, 2.24) is 4.90 Å². The summed E-state index contributed by atoms with van der Waals surface area (Å²) in [5.41, 5.74) is 0. The van der Waals surface area contributed by atoms with Gasteiger partial charge in [-0.05, 0) is 25.7 Å². The minimum Gasteiger partial charge on any atom is -0.366 e. The van der Waals surface area contributed by atoms with Gasteiger partial charge in [-0.15, -0.1) is 0 Å². The van der Waals surface area contributed by atoms with Crippen molar-refractivity contribution in [2.75, 3.05) is 20.2 Å². The van der Waals surface area contributed by atoms with E-state index in [0.717, 1.165) is 0 Å². The summed E-state index contributed by atoms with van der Waals surface area (Å²) in [5.74, 6) is 0. The summed E-state index contributed by atoms with van der Waals surface area (Å²) < 4.78 is 5.46. The van der Waals surface area contributed by atoms with Crippen molar-refractivity contribution in [1.29, 1.82) is 0 Å². The summed E-state index contributed by atoms with van der Waals surface area (Å²) in [6, 6.07) is 0. The van der Waals surface area contributed by atoms with Crippen molar-refractivity contribution in [3.63, 3.8) is 0 Å². The lowest BCUT2D eigenvalue weighted by Crippen LogP contribution is -2.34. The quantitative estimate of drug-likeness (QED) is 0.629. The molecule has 1 unspecified atom stereocenters. The van der Waals surface area contributed by atoms with Gasteiger partial charge in [0, 0.05) is 20.2 Å². The normalized spacial score (nSPS) is 21.5. The molecular formula is C10H21NO. The van der Waals surface area contributed by atoms with Crippen LogP contribution in [0.15, 0.2) is 0 Å². The second kappa shape index (κ2) is 5.55. The summed E-state index contributed by atoms with van der Waals surface area (Å²) in [6.45, 7) is 4.71.